The first-order chi connectivity index (χ1) is 14.7. The average Bonchev–Trinajstić information content (AvgIpc) is 3.40. The fourth-order valence-corrected chi connectivity index (χ4v) is 4.11. The molecule has 0 aliphatic heterocycles. The maximum Gasteiger partial charge on any atom is 0.277 e. The summed E-state index contributed by atoms with van der Waals surface area (Å²) >= 11 is 1.23. The third-order valence-corrected chi connectivity index (χ3v) is 5.70. The molecule has 6 nitrogen and oxygen atoms in total. The van der Waals surface area contributed by atoms with Gasteiger partial charge in [-0.15, -0.1) is 10.2 Å². The summed E-state index contributed by atoms with van der Waals surface area (Å²) in [6.07, 6.45) is 0. The molecule has 0 saturated carbocycles. The number of benzene rings is 3. The third-order valence-electron chi connectivity index (χ3n) is 4.89. The van der Waals surface area contributed by atoms with Crippen LogP contribution in [0.3, 0.4) is 0 Å². The molecule has 3 aromatic carbocycles. The summed E-state index contributed by atoms with van der Waals surface area (Å²) in [5, 5.41) is 10.6. The Balaban J connectivity index is 1.38. The van der Waals surface area contributed by atoms with E-state index in [1.165, 1.54) is 11.8 Å². The first-order valence-corrected chi connectivity index (χ1v) is 10.4. The first kappa shape index (κ1) is 18.4. The van der Waals surface area contributed by atoms with Crippen LogP contribution in [0.1, 0.15) is 4.79 Å². The Labute approximate surface area is 176 Å². The van der Waals surface area contributed by atoms with Crippen LogP contribution < -0.4 is 4.74 Å². The molecule has 0 N–H and O–H groups in total. The number of carbonyl (C=O) groups is 1. The van der Waals surface area contributed by atoms with Crippen molar-refractivity contribution in [3.8, 4) is 17.2 Å². The molecule has 5 rings (SSSR count). The van der Waals surface area contributed by atoms with Gasteiger partial charge in [-0.2, -0.15) is 0 Å². The molecular formula is C23H17N3O3S. The van der Waals surface area contributed by atoms with Crippen LogP contribution in [0.5, 0.6) is 5.75 Å². The number of hydrogen-bond acceptors (Lipinski definition) is 6. The highest BCUT2D eigenvalue weighted by molar-refractivity contribution is 7.99. The molecule has 0 saturated heterocycles. The van der Waals surface area contributed by atoms with Gasteiger partial charge in [0.25, 0.3) is 5.22 Å². The molecule has 0 unspecified atom stereocenters. The topological polar surface area (TPSA) is 70.2 Å². The second-order valence-electron chi connectivity index (χ2n) is 6.65. The number of ether oxygens (including phenoxy) is 1. The minimum atomic E-state index is -0.0402. The van der Waals surface area contributed by atoms with Gasteiger partial charge in [0.05, 0.1) is 23.9 Å². The number of nitrogens with zero attached hydrogens (tertiary/aromatic N) is 3. The zero-order valence-corrected chi connectivity index (χ0v) is 16.9. The van der Waals surface area contributed by atoms with Crippen molar-refractivity contribution in [3.05, 3.63) is 72.8 Å². The molecule has 0 spiro atoms. The van der Waals surface area contributed by atoms with Crippen molar-refractivity contribution in [2.75, 3.05) is 12.9 Å². The Morgan fingerprint density at radius 3 is 2.20 bits per heavy atom. The first-order valence-electron chi connectivity index (χ1n) is 9.37. The number of fused-ring (bicyclic) bond motifs is 3. The molecule has 0 fully saturated rings. The lowest BCUT2D eigenvalue weighted by Gasteiger charge is -2.04. The summed E-state index contributed by atoms with van der Waals surface area (Å²) in [6.45, 7) is 0. The Bertz CT molecular complexity index is 1300. The number of methoxy groups -OCH3 is 1. The van der Waals surface area contributed by atoms with Crippen molar-refractivity contribution in [2.24, 2.45) is 0 Å². The van der Waals surface area contributed by atoms with Gasteiger partial charge in [-0.25, -0.2) is 0 Å². The van der Waals surface area contributed by atoms with E-state index in [0.717, 1.165) is 33.1 Å². The molecule has 148 valence electrons. The van der Waals surface area contributed by atoms with Crippen LogP contribution in [0.4, 0.5) is 0 Å². The van der Waals surface area contributed by atoms with Crippen LogP contribution >= 0.6 is 11.8 Å². The molecule has 0 aliphatic carbocycles. The smallest absolute Gasteiger partial charge is 0.277 e. The van der Waals surface area contributed by atoms with E-state index in [9.17, 15) is 4.79 Å². The van der Waals surface area contributed by atoms with Crippen LogP contribution in [-0.4, -0.2) is 33.5 Å². The quantitative estimate of drug-likeness (QED) is 0.364. The van der Waals surface area contributed by atoms with Gasteiger partial charge in [-0.05, 0) is 36.4 Å². The van der Waals surface area contributed by atoms with E-state index in [1.807, 2.05) is 72.8 Å². The van der Waals surface area contributed by atoms with Crippen LogP contribution in [0.25, 0.3) is 33.3 Å². The Hall–Kier alpha value is -3.58. The SMILES string of the molecule is COc1ccc(-c2nnc(SCC(=O)n3c4ccccc4c4ccccc43)o2)cc1. The van der Waals surface area contributed by atoms with E-state index in [2.05, 4.69) is 10.2 Å². The molecule has 2 aromatic heterocycles. The molecule has 0 amide bonds. The van der Waals surface area contributed by atoms with Crippen LogP contribution in [0.15, 0.2) is 82.4 Å². The Morgan fingerprint density at radius 2 is 1.57 bits per heavy atom. The number of para-hydroxylation sites is 2. The van der Waals surface area contributed by atoms with Gasteiger partial charge >= 0.3 is 0 Å². The molecule has 0 bridgehead atoms. The maximum atomic E-state index is 13.1. The minimum Gasteiger partial charge on any atom is -0.497 e. The molecule has 0 atom stereocenters. The van der Waals surface area contributed by atoms with Crippen LogP contribution in [0, 0.1) is 0 Å². The standard InChI is InChI=1S/C23H17N3O3S/c1-28-16-12-10-15(11-13-16)22-24-25-23(29-22)30-14-21(27)26-19-8-4-2-6-17(19)18-7-3-5-9-20(18)26/h2-13H,14H2,1H3. The van der Waals surface area contributed by atoms with Gasteiger partial charge in [0, 0.05) is 16.3 Å². The van der Waals surface area contributed by atoms with Gasteiger partial charge in [-0.1, -0.05) is 48.2 Å². The number of aromatic nitrogens is 3. The monoisotopic (exact) mass is 415 g/mol. The maximum absolute atomic E-state index is 13.1. The van der Waals surface area contributed by atoms with Crippen molar-refractivity contribution in [2.45, 2.75) is 5.22 Å². The summed E-state index contributed by atoms with van der Waals surface area (Å²) in [6, 6.07) is 23.2. The van der Waals surface area contributed by atoms with E-state index in [-0.39, 0.29) is 11.7 Å². The van der Waals surface area contributed by atoms with Crippen molar-refractivity contribution < 1.29 is 13.9 Å². The van der Waals surface area contributed by atoms with Crippen LogP contribution in [-0.2, 0) is 0 Å². The van der Waals surface area contributed by atoms with E-state index >= 15 is 0 Å². The van der Waals surface area contributed by atoms with Gasteiger partial charge in [0.2, 0.25) is 11.8 Å². The highest BCUT2D eigenvalue weighted by Crippen LogP contribution is 2.30. The van der Waals surface area contributed by atoms with E-state index in [4.69, 9.17) is 9.15 Å². The molecule has 2 heterocycles. The van der Waals surface area contributed by atoms with Crippen LogP contribution in [0.2, 0.25) is 0 Å². The molecular weight excluding hydrogens is 398 g/mol. The fourth-order valence-electron chi connectivity index (χ4n) is 3.50. The average molecular weight is 415 g/mol. The van der Waals surface area contributed by atoms with Crippen molar-refractivity contribution in [1.29, 1.82) is 0 Å². The number of carbonyl (C=O) groups excluding carboxylic acids is 1. The summed E-state index contributed by atoms with van der Waals surface area (Å²) < 4.78 is 12.6. The lowest BCUT2D eigenvalue weighted by Crippen LogP contribution is -2.12. The molecule has 0 aliphatic rings. The summed E-state index contributed by atoms with van der Waals surface area (Å²) in [7, 11) is 1.62. The highest BCUT2D eigenvalue weighted by atomic mass is 32.2. The second-order valence-corrected chi connectivity index (χ2v) is 7.58. The lowest BCUT2D eigenvalue weighted by molar-refractivity contribution is 0.0951. The van der Waals surface area contributed by atoms with Gasteiger partial charge in [-0.3, -0.25) is 9.36 Å². The number of thioether (sulfide) groups is 1. The summed E-state index contributed by atoms with van der Waals surface area (Å²) in [4.78, 5) is 13.1. The largest absolute Gasteiger partial charge is 0.497 e. The Morgan fingerprint density at radius 1 is 0.933 bits per heavy atom. The lowest BCUT2D eigenvalue weighted by atomic mass is 10.2. The highest BCUT2D eigenvalue weighted by Gasteiger charge is 2.17. The van der Waals surface area contributed by atoms with Crippen molar-refractivity contribution >= 4 is 39.5 Å². The molecule has 0 radical (unpaired) electrons. The molecule has 5 aromatic rings. The van der Waals surface area contributed by atoms with Gasteiger partial charge < -0.3 is 9.15 Å². The Kier molecular flexibility index (Phi) is 4.72. The summed E-state index contributed by atoms with van der Waals surface area (Å²) in [5.74, 6) is 1.31. The van der Waals surface area contributed by atoms with E-state index in [1.54, 1.807) is 11.7 Å². The zero-order chi connectivity index (χ0) is 20.5. The second kappa shape index (κ2) is 7.68. The number of rotatable bonds is 5. The summed E-state index contributed by atoms with van der Waals surface area (Å²) in [5.41, 5.74) is 2.59. The minimum absolute atomic E-state index is 0.0402. The van der Waals surface area contributed by atoms with Gasteiger partial charge in [0.15, 0.2) is 0 Å². The fraction of sp³-hybridized carbons (Fsp3) is 0.0870. The van der Waals surface area contributed by atoms with E-state index < -0.39 is 0 Å². The molecule has 30 heavy (non-hydrogen) atoms. The van der Waals surface area contributed by atoms with Crippen molar-refractivity contribution in [3.63, 3.8) is 0 Å². The predicted octanol–water partition coefficient (Wildman–Crippen LogP) is 5.29. The van der Waals surface area contributed by atoms with Gasteiger partial charge in [0.1, 0.15) is 5.75 Å². The zero-order valence-electron chi connectivity index (χ0n) is 16.1. The van der Waals surface area contributed by atoms with E-state index in [0.29, 0.717) is 11.1 Å². The molecule has 7 heteroatoms. The predicted molar refractivity (Wildman–Crippen MR) is 117 cm³/mol. The normalized spacial score (nSPS) is 11.2. The number of hydrogen-bond donors (Lipinski definition) is 0. The van der Waals surface area contributed by atoms with Crippen molar-refractivity contribution in [1.82, 2.24) is 14.8 Å². The third kappa shape index (κ3) is 3.23.